The van der Waals surface area contributed by atoms with Crippen LogP contribution in [0.3, 0.4) is 0 Å². The Morgan fingerprint density at radius 1 is 1.29 bits per heavy atom. The molecule has 1 aromatic heterocycles. The van der Waals surface area contributed by atoms with Gasteiger partial charge in [0.2, 0.25) is 5.91 Å². The van der Waals surface area contributed by atoms with E-state index in [2.05, 4.69) is 10.3 Å². The second-order valence-electron chi connectivity index (χ2n) is 7.42. The molecule has 28 heavy (non-hydrogen) atoms. The van der Waals surface area contributed by atoms with E-state index in [1.165, 1.54) is 0 Å². The highest BCUT2D eigenvalue weighted by Gasteiger charge is 2.33. The number of likely N-dealkylation sites (tertiary alicyclic amines) is 1. The van der Waals surface area contributed by atoms with E-state index in [1.807, 2.05) is 30.3 Å². The molecule has 1 aliphatic heterocycles. The number of amides is 2. The minimum absolute atomic E-state index is 0.00469. The van der Waals surface area contributed by atoms with Crippen LogP contribution in [0.2, 0.25) is 0 Å². The Kier molecular flexibility index (Phi) is 6.67. The maximum Gasteiger partial charge on any atom is 0.251 e. The third kappa shape index (κ3) is 4.70. The van der Waals surface area contributed by atoms with E-state index in [0.717, 1.165) is 24.4 Å². The first-order valence-electron chi connectivity index (χ1n) is 9.62. The Morgan fingerprint density at radius 3 is 2.64 bits per heavy atom. The molecule has 0 saturated carbocycles. The maximum atomic E-state index is 13.2. The van der Waals surface area contributed by atoms with Crippen molar-refractivity contribution in [1.82, 2.24) is 15.2 Å². The van der Waals surface area contributed by atoms with Crippen LogP contribution in [0.5, 0.6) is 5.75 Å². The predicted molar refractivity (Wildman–Crippen MR) is 110 cm³/mol. The number of hydrogen-bond acceptors (Lipinski definition) is 5. The van der Waals surface area contributed by atoms with Gasteiger partial charge in [-0.1, -0.05) is 13.8 Å². The molecule has 150 valence electrons. The fourth-order valence-electron chi connectivity index (χ4n) is 3.49. The van der Waals surface area contributed by atoms with Crippen molar-refractivity contribution >= 4 is 23.2 Å². The molecule has 1 aromatic carbocycles. The summed E-state index contributed by atoms with van der Waals surface area (Å²) in [5, 5.41) is 5.99. The second-order valence-corrected chi connectivity index (χ2v) is 8.34. The van der Waals surface area contributed by atoms with Crippen LogP contribution in [0.25, 0.3) is 0 Å². The minimum atomic E-state index is -0.551. The number of nitrogens with zero attached hydrogens (tertiary/aromatic N) is 2. The van der Waals surface area contributed by atoms with E-state index in [0.29, 0.717) is 17.9 Å². The van der Waals surface area contributed by atoms with E-state index in [9.17, 15) is 9.59 Å². The molecule has 2 aromatic rings. The molecule has 2 unspecified atom stereocenters. The Morgan fingerprint density at radius 2 is 2.04 bits per heavy atom. The summed E-state index contributed by atoms with van der Waals surface area (Å²) in [7, 11) is 1.58. The van der Waals surface area contributed by atoms with Gasteiger partial charge in [0.15, 0.2) is 0 Å². The Labute approximate surface area is 169 Å². The van der Waals surface area contributed by atoms with Gasteiger partial charge in [0.25, 0.3) is 5.91 Å². The topological polar surface area (TPSA) is 71.5 Å². The number of hydrogen-bond donors (Lipinski definition) is 1. The molecule has 3 rings (SSSR count). The lowest BCUT2D eigenvalue weighted by Gasteiger charge is -2.35. The van der Waals surface area contributed by atoms with Crippen molar-refractivity contribution in [3.8, 4) is 5.75 Å². The molecule has 1 fully saturated rings. The monoisotopic (exact) mass is 401 g/mol. The van der Waals surface area contributed by atoms with E-state index < -0.39 is 6.04 Å². The zero-order valence-corrected chi connectivity index (χ0v) is 17.4. The number of piperidine rings is 1. The third-order valence-electron chi connectivity index (χ3n) is 5.11. The van der Waals surface area contributed by atoms with Gasteiger partial charge in [-0.3, -0.25) is 9.59 Å². The Hall–Kier alpha value is -2.41. The van der Waals surface area contributed by atoms with Crippen LogP contribution >= 0.6 is 11.3 Å². The van der Waals surface area contributed by atoms with Gasteiger partial charge in [0.05, 0.1) is 12.1 Å². The molecule has 0 spiro atoms. The summed E-state index contributed by atoms with van der Waals surface area (Å²) >= 11 is 1.64. The van der Waals surface area contributed by atoms with Crippen LogP contribution in [-0.2, 0) is 4.79 Å². The normalized spacial score (nSPS) is 18.0. The molecular formula is C21H27N3O3S. The molecule has 2 atom stereocenters. The lowest BCUT2D eigenvalue weighted by molar-refractivity contribution is -0.135. The number of benzene rings is 1. The number of methoxy groups -OCH3 is 1. The standard InChI is InChI=1S/C21H27N3O3S/c1-14(2)18(23-19(25)15-6-8-17(27-3)9-7-15)21(26)24-11-4-5-16(13-24)20-22-10-12-28-20/h6-10,12,14,16,18H,4-5,11,13H2,1-3H3,(H,23,25). The van der Waals surface area contributed by atoms with Crippen molar-refractivity contribution < 1.29 is 14.3 Å². The van der Waals surface area contributed by atoms with Gasteiger partial charge in [0.1, 0.15) is 11.8 Å². The lowest BCUT2D eigenvalue weighted by Crippen LogP contribution is -2.53. The number of carbonyl (C=O) groups is 2. The highest BCUT2D eigenvalue weighted by Crippen LogP contribution is 2.29. The van der Waals surface area contributed by atoms with Crippen molar-refractivity contribution in [3.05, 3.63) is 46.4 Å². The number of aromatic nitrogens is 1. The van der Waals surface area contributed by atoms with Crippen LogP contribution in [0.15, 0.2) is 35.8 Å². The summed E-state index contributed by atoms with van der Waals surface area (Å²) in [5.41, 5.74) is 0.513. The molecule has 0 radical (unpaired) electrons. The molecule has 2 amide bonds. The summed E-state index contributed by atoms with van der Waals surface area (Å²) in [5.74, 6) is 0.702. The van der Waals surface area contributed by atoms with E-state index >= 15 is 0 Å². The summed E-state index contributed by atoms with van der Waals surface area (Å²) in [4.78, 5) is 32.2. The fourth-order valence-corrected chi connectivity index (χ4v) is 4.26. The average Bonchev–Trinajstić information content (AvgIpc) is 3.26. The van der Waals surface area contributed by atoms with Gasteiger partial charge in [-0.25, -0.2) is 4.98 Å². The second kappa shape index (κ2) is 9.19. The first kappa shape index (κ1) is 20.3. The summed E-state index contributed by atoms with van der Waals surface area (Å²) in [6.45, 7) is 5.30. The number of carbonyl (C=O) groups excluding carboxylic acids is 2. The fraction of sp³-hybridized carbons (Fsp3) is 0.476. The van der Waals surface area contributed by atoms with Gasteiger partial charge < -0.3 is 15.0 Å². The van der Waals surface area contributed by atoms with Crippen molar-refractivity contribution in [2.45, 2.75) is 38.6 Å². The Balaban J connectivity index is 1.68. The average molecular weight is 402 g/mol. The highest BCUT2D eigenvalue weighted by atomic mass is 32.1. The Bertz CT molecular complexity index is 790. The van der Waals surface area contributed by atoms with Crippen molar-refractivity contribution in [3.63, 3.8) is 0 Å². The number of thiazole rings is 1. The quantitative estimate of drug-likeness (QED) is 0.806. The third-order valence-corrected chi connectivity index (χ3v) is 6.04. The van der Waals surface area contributed by atoms with E-state index in [-0.39, 0.29) is 23.7 Å². The molecule has 0 aliphatic carbocycles. The van der Waals surface area contributed by atoms with Crippen LogP contribution in [0.4, 0.5) is 0 Å². The van der Waals surface area contributed by atoms with Crippen molar-refractivity contribution in [2.75, 3.05) is 20.2 Å². The molecule has 7 heteroatoms. The number of rotatable bonds is 6. The molecular weight excluding hydrogens is 374 g/mol. The summed E-state index contributed by atoms with van der Waals surface area (Å²) in [6.07, 6.45) is 3.81. The van der Waals surface area contributed by atoms with Crippen LogP contribution in [0, 0.1) is 5.92 Å². The summed E-state index contributed by atoms with van der Waals surface area (Å²) < 4.78 is 5.13. The van der Waals surface area contributed by atoms with Crippen molar-refractivity contribution in [2.24, 2.45) is 5.92 Å². The number of ether oxygens (including phenoxy) is 1. The molecule has 1 N–H and O–H groups in total. The number of nitrogens with one attached hydrogen (secondary N) is 1. The van der Waals surface area contributed by atoms with E-state index in [4.69, 9.17) is 4.74 Å². The smallest absolute Gasteiger partial charge is 0.251 e. The maximum absolute atomic E-state index is 13.2. The molecule has 0 bridgehead atoms. The molecule has 1 aliphatic rings. The first-order valence-corrected chi connectivity index (χ1v) is 10.5. The SMILES string of the molecule is COc1ccc(C(=O)NC(C(=O)N2CCCC(c3nccs3)C2)C(C)C)cc1. The van der Waals surface area contributed by atoms with Gasteiger partial charge in [-0.2, -0.15) is 0 Å². The molecule has 1 saturated heterocycles. The molecule has 2 heterocycles. The zero-order chi connectivity index (χ0) is 20.1. The largest absolute Gasteiger partial charge is 0.497 e. The predicted octanol–water partition coefficient (Wildman–Crippen LogP) is 3.31. The molecule has 6 nitrogen and oxygen atoms in total. The van der Waals surface area contributed by atoms with Gasteiger partial charge in [0, 0.05) is 36.1 Å². The van der Waals surface area contributed by atoms with Gasteiger partial charge in [-0.05, 0) is 43.0 Å². The first-order chi connectivity index (χ1) is 13.5. The van der Waals surface area contributed by atoms with Crippen LogP contribution in [-0.4, -0.2) is 47.9 Å². The minimum Gasteiger partial charge on any atom is -0.497 e. The van der Waals surface area contributed by atoms with E-state index in [1.54, 1.807) is 42.7 Å². The summed E-state index contributed by atoms with van der Waals surface area (Å²) in [6, 6.07) is 6.34. The van der Waals surface area contributed by atoms with Gasteiger partial charge >= 0.3 is 0 Å². The van der Waals surface area contributed by atoms with Crippen molar-refractivity contribution in [1.29, 1.82) is 0 Å². The lowest BCUT2D eigenvalue weighted by atomic mass is 9.96. The zero-order valence-electron chi connectivity index (χ0n) is 16.6. The van der Waals surface area contributed by atoms with Gasteiger partial charge in [-0.15, -0.1) is 11.3 Å². The highest BCUT2D eigenvalue weighted by molar-refractivity contribution is 7.09. The van der Waals surface area contributed by atoms with Crippen LogP contribution in [0.1, 0.15) is 48.0 Å². The van der Waals surface area contributed by atoms with Crippen LogP contribution < -0.4 is 10.1 Å².